The van der Waals surface area contributed by atoms with Crippen LogP contribution in [0.15, 0.2) is 16.9 Å². The van der Waals surface area contributed by atoms with E-state index in [1.807, 2.05) is 20.0 Å². The maximum Gasteiger partial charge on any atom is 0.272 e. The molecule has 1 aliphatic rings. The monoisotopic (exact) mass is 331 g/mol. The second kappa shape index (κ2) is 6.76. The first-order chi connectivity index (χ1) is 11.5. The molecule has 0 saturated carbocycles. The number of fused-ring (bicyclic) bond motifs is 1. The summed E-state index contributed by atoms with van der Waals surface area (Å²) in [6.45, 7) is 6.08. The topological polar surface area (TPSA) is 73.7 Å². The number of rotatable bonds is 5. The van der Waals surface area contributed by atoms with E-state index in [1.54, 1.807) is 11.0 Å². The summed E-state index contributed by atoms with van der Waals surface area (Å²) in [6, 6.07) is 3.30. The first-order valence-electron chi connectivity index (χ1n) is 8.57. The van der Waals surface area contributed by atoms with Crippen LogP contribution in [0.3, 0.4) is 0 Å². The number of hydrogen-bond donors (Lipinski definition) is 1. The number of amides is 1. The SMILES string of the molecule is CCCCC1C(=O)N(C)CCN1Cc1cc(=O)n2[nH]c(C)cc2n1. The Bertz CT molecular complexity index is 794. The molecule has 0 spiro atoms. The summed E-state index contributed by atoms with van der Waals surface area (Å²) in [7, 11) is 1.86. The van der Waals surface area contributed by atoms with Crippen molar-refractivity contribution in [2.45, 2.75) is 45.7 Å². The molecule has 0 radical (unpaired) electrons. The van der Waals surface area contributed by atoms with Gasteiger partial charge in [-0.2, -0.15) is 0 Å². The van der Waals surface area contributed by atoms with Crippen molar-refractivity contribution in [3.63, 3.8) is 0 Å². The van der Waals surface area contributed by atoms with E-state index in [4.69, 9.17) is 0 Å². The van der Waals surface area contributed by atoms with Gasteiger partial charge < -0.3 is 4.90 Å². The number of nitrogens with zero attached hydrogens (tertiary/aromatic N) is 4. The van der Waals surface area contributed by atoms with Crippen LogP contribution < -0.4 is 5.56 Å². The number of hydrogen-bond acceptors (Lipinski definition) is 4. The lowest BCUT2D eigenvalue weighted by Gasteiger charge is -2.39. The minimum atomic E-state index is -0.117. The summed E-state index contributed by atoms with van der Waals surface area (Å²) in [5, 5.41) is 2.97. The highest BCUT2D eigenvalue weighted by Gasteiger charge is 2.32. The zero-order chi connectivity index (χ0) is 17.3. The van der Waals surface area contributed by atoms with Crippen LogP contribution in [0.4, 0.5) is 0 Å². The van der Waals surface area contributed by atoms with E-state index in [0.717, 1.165) is 37.2 Å². The minimum Gasteiger partial charge on any atom is -0.343 e. The fourth-order valence-electron chi connectivity index (χ4n) is 3.30. The molecule has 1 amide bonds. The van der Waals surface area contributed by atoms with Crippen LogP contribution in [0.5, 0.6) is 0 Å². The quantitative estimate of drug-likeness (QED) is 0.892. The molecule has 1 aliphatic heterocycles. The van der Waals surface area contributed by atoms with Gasteiger partial charge >= 0.3 is 0 Å². The van der Waals surface area contributed by atoms with Crippen molar-refractivity contribution in [2.24, 2.45) is 0 Å². The summed E-state index contributed by atoms with van der Waals surface area (Å²) in [6.07, 6.45) is 2.94. The predicted molar refractivity (Wildman–Crippen MR) is 91.9 cm³/mol. The predicted octanol–water partition coefficient (Wildman–Crippen LogP) is 1.16. The fourth-order valence-corrected chi connectivity index (χ4v) is 3.30. The standard InChI is InChI=1S/C17H25N5O2/c1-4-5-6-14-17(24)20(3)7-8-21(14)11-13-10-16(23)22-15(18-13)9-12(2)19-22/h9-10,14,19H,4-8,11H2,1-3H3. The second-order valence-electron chi connectivity index (χ2n) is 6.61. The summed E-state index contributed by atoms with van der Waals surface area (Å²) in [5.41, 5.74) is 2.12. The maximum absolute atomic E-state index is 12.5. The van der Waals surface area contributed by atoms with Crippen LogP contribution in [0.2, 0.25) is 0 Å². The smallest absolute Gasteiger partial charge is 0.272 e. The zero-order valence-corrected chi connectivity index (χ0v) is 14.6. The van der Waals surface area contributed by atoms with Gasteiger partial charge in [0.05, 0.1) is 11.7 Å². The van der Waals surface area contributed by atoms with Crippen LogP contribution in [0.25, 0.3) is 5.65 Å². The van der Waals surface area contributed by atoms with Gasteiger partial charge in [0.15, 0.2) is 5.65 Å². The third-order valence-electron chi connectivity index (χ3n) is 4.65. The lowest BCUT2D eigenvalue weighted by molar-refractivity contribution is -0.140. The van der Waals surface area contributed by atoms with E-state index < -0.39 is 0 Å². The van der Waals surface area contributed by atoms with Crippen LogP contribution in [0.1, 0.15) is 37.6 Å². The molecule has 7 nitrogen and oxygen atoms in total. The van der Waals surface area contributed by atoms with E-state index in [-0.39, 0.29) is 17.5 Å². The fraction of sp³-hybridized carbons (Fsp3) is 0.588. The number of unbranched alkanes of at least 4 members (excludes halogenated alkanes) is 1. The average molecular weight is 331 g/mol. The third kappa shape index (κ3) is 3.21. The van der Waals surface area contributed by atoms with Crippen molar-refractivity contribution in [1.29, 1.82) is 0 Å². The molecule has 1 atom stereocenters. The van der Waals surface area contributed by atoms with Gasteiger partial charge in [-0.25, -0.2) is 9.50 Å². The van der Waals surface area contributed by atoms with Crippen molar-refractivity contribution in [3.8, 4) is 0 Å². The number of aromatic nitrogens is 3. The normalized spacial score (nSPS) is 19.4. The van der Waals surface area contributed by atoms with Crippen molar-refractivity contribution in [2.75, 3.05) is 20.1 Å². The Kier molecular flexibility index (Phi) is 4.71. The Morgan fingerprint density at radius 3 is 2.83 bits per heavy atom. The van der Waals surface area contributed by atoms with Crippen molar-refractivity contribution in [3.05, 3.63) is 33.9 Å². The molecule has 24 heavy (non-hydrogen) atoms. The number of aromatic amines is 1. The largest absolute Gasteiger partial charge is 0.343 e. The molecule has 7 heteroatoms. The number of aryl methyl sites for hydroxylation is 1. The number of H-pyrrole nitrogens is 1. The van der Waals surface area contributed by atoms with Gasteiger partial charge in [-0.1, -0.05) is 19.8 Å². The van der Waals surface area contributed by atoms with E-state index in [9.17, 15) is 9.59 Å². The summed E-state index contributed by atoms with van der Waals surface area (Å²) >= 11 is 0. The van der Waals surface area contributed by atoms with Gasteiger partial charge in [-0.15, -0.1) is 0 Å². The zero-order valence-electron chi connectivity index (χ0n) is 14.6. The average Bonchev–Trinajstić information content (AvgIpc) is 2.91. The van der Waals surface area contributed by atoms with Crippen LogP contribution in [-0.4, -0.2) is 56.5 Å². The minimum absolute atomic E-state index is 0.114. The summed E-state index contributed by atoms with van der Waals surface area (Å²) < 4.78 is 1.45. The molecule has 3 rings (SSSR count). The molecular weight excluding hydrogens is 306 g/mol. The highest BCUT2D eigenvalue weighted by atomic mass is 16.2. The Hall–Kier alpha value is -2.15. The number of carbonyl (C=O) groups is 1. The highest BCUT2D eigenvalue weighted by Crippen LogP contribution is 2.18. The van der Waals surface area contributed by atoms with E-state index in [0.29, 0.717) is 18.7 Å². The molecule has 1 saturated heterocycles. The van der Waals surface area contributed by atoms with Gasteiger partial charge in [0.25, 0.3) is 5.56 Å². The number of carbonyl (C=O) groups excluding carboxylic acids is 1. The molecule has 0 bridgehead atoms. The molecule has 0 aromatic carbocycles. The first-order valence-corrected chi connectivity index (χ1v) is 8.57. The molecule has 0 aliphatic carbocycles. The summed E-state index contributed by atoms with van der Waals surface area (Å²) in [5.74, 6) is 0.171. The molecule has 1 fully saturated rings. The van der Waals surface area contributed by atoms with Crippen LogP contribution >= 0.6 is 0 Å². The molecule has 130 valence electrons. The van der Waals surface area contributed by atoms with E-state index in [1.165, 1.54) is 4.52 Å². The van der Waals surface area contributed by atoms with Gasteiger partial charge in [-0.3, -0.25) is 19.6 Å². The van der Waals surface area contributed by atoms with E-state index in [2.05, 4.69) is 21.9 Å². The first kappa shape index (κ1) is 16.7. The Labute approximate surface area is 141 Å². The molecule has 2 aromatic heterocycles. The van der Waals surface area contributed by atoms with E-state index >= 15 is 0 Å². The Morgan fingerprint density at radius 1 is 1.29 bits per heavy atom. The Balaban J connectivity index is 1.85. The maximum atomic E-state index is 12.5. The molecule has 1 N–H and O–H groups in total. The van der Waals surface area contributed by atoms with Gasteiger partial charge in [-0.05, 0) is 13.3 Å². The van der Waals surface area contributed by atoms with Gasteiger partial charge in [0, 0.05) is 44.5 Å². The van der Waals surface area contributed by atoms with Crippen molar-refractivity contribution >= 4 is 11.6 Å². The molecule has 2 aromatic rings. The molecule has 1 unspecified atom stereocenters. The van der Waals surface area contributed by atoms with Crippen molar-refractivity contribution in [1.82, 2.24) is 24.4 Å². The van der Waals surface area contributed by atoms with Crippen LogP contribution in [-0.2, 0) is 11.3 Å². The molecule has 3 heterocycles. The van der Waals surface area contributed by atoms with Gasteiger partial charge in [0.2, 0.25) is 5.91 Å². The number of likely N-dealkylation sites (N-methyl/N-ethyl adjacent to an activating group) is 1. The van der Waals surface area contributed by atoms with Crippen LogP contribution in [0, 0.1) is 6.92 Å². The lowest BCUT2D eigenvalue weighted by atomic mass is 10.0. The number of piperazine rings is 1. The van der Waals surface area contributed by atoms with Gasteiger partial charge in [0.1, 0.15) is 0 Å². The summed E-state index contributed by atoms with van der Waals surface area (Å²) in [4.78, 5) is 33.3. The second-order valence-corrected chi connectivity index (χ2v) is 6.61. The lowest BCUT2D eigenvalue weighted by Crippen LogP contribution is -2.55. The Morgan fingerprint density at radius 2 is 2.08 bits per heavy atom. The number of nitrogens with one attached hydrogen (secondary N) is 1. The molecular formula is C17H25N5O2. The highest BCUT2D eigenvalue weighted by molar-refractivity contribution is 5.82. The van der Waals surface area contributed by atoms with Crippen molar-refractivity contribution < 1.29 is 4.79 Å². The third-order valence-corrected chi connectivity index (χ3v) is 4.65.